The normalized spacial score (nSPS) is 10.7. The van der Waals surface area contributed by atoms with E-state index in [0.717, 1.165) is 16.9 Å². The molecule has 0 bridgehead atoms. The lowest BCUT2D eigenvalue weighted by molar-refractivity contribution is -0.384. The van der Waals surface area contributed by atoms with Gasteiger partial charge in [0.1, 0.15) is 0 Å². The van der Waals surface area contributed by atoms with Crippen molar-refractivity contribution in [1.29, 1.82) is 0 Å². The molecule has 156 valence electrons. The van der Waals surface area contributed by atoms with Gasteiger partial charge in [-0.05, 0) is 11.6 Å². The summed E-state index contributed by atoms with van der Waals surface area (Å²) < 4.78 is 0.613. The molecule has 4 rings (SSSR count). The highest BCUT2D eigenvalue weighted by Gasteiger charge is 2.14. The maximum absolute atomic E-state index is 12.3. The Kier molecular flexibility index (Phi) is 5.96. The van der Waals surface area contributed by atoms with Gasteiger partial charge in [-0.25, -0.2) is 9.97 Å². The highest BCUT2D eigenvalue weighted by atomic mass is 32.1. The van der Waals surface area contributed by atoms with Crippen LogP contribution in [0.1, 0.15) is 11.3 Å². The van der Waals surface area contributed by atoms with Gasteiger partial charge >= 0.3 is 0 Å². The van der Waals surface area contributed by atoms with E-state index in [0.29, 0.717) is 26.2 Å². The molecular weight excluding hydrogens is 438 g/mol. The summed E-state index contributed by atoms with van der Waals surface area (Å²) in [6, 6.07) is 13.7. The molecule has 0 spiro atoms. The van der Waals surface area contributed by atoms with E-state index in [1.165, 1.54) is 23.5 Å². The van der Waals surface area contributed by atoms with Crippen LogP contribution in [0.5, 0.6) is 0 Å². The molecule has 11 heteroatoms. The standard InChI is InChI=1S/C20H15N5O4S2/c26-17(8-12-4-2-1-3-5-12)23-19-21-13(11-30-19)9-18(27)24-20-22-15-7-6-14(25(28)29)10-16(15)31-20/h1-7,10-11H,8-9H2,(H,21,23,26)(H,22,24,27). The number of anilines is 2. The molecule has 0 saturated carbocycles. The van der Waals surface area contributed by atoms with Crippen LogP contribution in [0.15, 0.2) is 53.9 Å². The Morgan fingerprint density at radius 1 is 0.968 bits per heavy atom. The van der Waals surface area contributed by atoms with Crippen LogP contribution < -0.4 is 10.6 Å². The van der Waals surface area contributed by atoms with Crippen LogP contribution in [0.4, 0.5) is 16.0 Å². The molecule has 31 heavy (non-hydrogen) atoms. The number of carbonyl (C=O) groups excluding carboxylic acids is 2. The minimum absolute atomic E-state index is 0.0150. The number of amides is 2. The fraction of sp³-hybridized carbons (Fsp3) is 0.100. The maximum atomic E-state index is 12.3. The number of nitro benzene ring substituents is 1. The van der Waals surface area contributed by atoms with E-state index in [-0.39, 0.29) is 30.3 Å². The molecule has 2 aromatic carbocycles. The van der Waals surface area contributed by atoms with E-state index in [4.69, 9.17) is 0 Å². The van der Waals surface area contributed by atoms with E-state index in [2.05, 4.69) is 20.6 Å². The molecule has 2 heterocycles. The van der Waals surface area contributed by atoms with E-state index >= 15 is 0 Å². The van der Waals surface area contributed by atoms with E-state index in [9.17, 15) is 19.7 Å². The van der Waals surface area contributed by atoms with Crippen LogP contribution in [0.2, 0.25) is 0 Å². The Labute approximate surface area is 183 Å². The summed E-state index contributed by atoms with van der Waals surface area (Å²) in [5.41, 5.74) is 1.97. The number of thiazole rings is 2. The monoisotopic (exact) mass is 453 g/mol. The van der Waals surface area contributed by atoms with Crippen molar-refractivity contribution in [2.75, 3.05) is 10.6 Å². The molecule has 0 radical (unpaired) electrons. The molecule has 0 aliphatic heterocycles. The van der Waals surface area contributed by atoms with Gasteiger partial charge in [-0.1, -0.05) is 41.7 Å². The second kappa shape index (κ2) is 8.98. The van der Waals surface area contributed by atoms with Crippen molar-refractivity contribution >= 4 is 60.7 Å². The van der Waals surface area contributed by atoms with Gasteiger partial charge in [-0.3, -0.25) is 19.7 Å². The van der Waals surface area contributed by atoms with Gasteiger partial charge < -0.3 is 10.6 Å². The molecular formula is C20H15N5O4S2. The first-order valence-electron chi connectivity index (χ1n) is 9.09. The number of rotatable bonds is 7. The first-order valence-corrected chi connectivity index (χ1v) is 10.8. The van der Waals surface area contributed by atoms with Crippen molar-refractivity contribution in [1.82, 2.24) is 9.97 Å². The van der Waals surface area contributed by atoms with E-state index in [1.54, 1.807) is 11.4 Å². The lowest BCUT2D eigenvalue weighted by Crippen LogP contribution is -2.15. The number of nitro groups is 1. The van der Waals surface area contributed by atoms with Crippen LogP contribution in [-0.4, -0.2) is 26.7 Å². The first kappa shape index (κ1) is 20.6. The van der Waals surface area contributed by atoms with Gasteiger partial charge in [0.25, 0.3) is 5.69 Å². The summed E-state index contributed by atoms with van der Waals surface area (Å²) in [5, 5.41) is 18.8. The summed E-state index contributed by atoms with van der Waals surface area (Å²) >= 11 is 2.40. The third-order valence-corrected chi connectivity index (χ3v) is 5.92. The Bertz CT molecular complexity index is 1270. The predicted molar refractivity (Wildman–Crippen MR) is 119 cm³/mol. The van der Waals surface area contributed by atoms with Crippen molar-refractivity contribution in [3.8, 4) is 0 Å². The van der Waals surface area contributed by atoms with Gasteiger partial charge in [-0.15, -0.1) is 11.3 Å². The zero-order chi connectivity index (χ0) is 21.8. The van der Waals surface area contributed by atoms with Gasteiger partial charge in [0.2, 0.25) is 11.8 Å². The Morgan fingerprint density at radius 3 is 2.48 bits per heavy atom. The second-order valence-electron chi connectivity index (χ2n) is 6.51. The van der Waals surface area contributed by atoms with Crippen LogP contribution in [0, 0.1) is 10.1 Å². The number of benzene rings is 2. The van der Waals surface area contributed by atoms with Crippen LogP contribution >= 0.6 is 22.7 Å². The third kappa shape index (κ3) is 5.27. The summed E-state index contributed by atoms with van der Waals surface area (Å²) in [6.45, 7) is 0. The molecule has 0 saturated heterocycles. The average molecular weight is 454 g/mol. The van der Waals surface area contributed by atoms with Crippen molar-refractivity contribution in [2.45, 2.75) is 12.8 Å². The van der Waals surface area contributed by atoms with Crippen molar-refractivity contribution in [3.05, 3.63) is 75.3 Å². The van der Waals surface area contributed by atoms with Gasteiger partial charge in [-0.2, -0.15) is 0 Å². The SMILES string of the molecule is O=C(Cc1ccccc1)Nc1nc(CC(=O)Nc2nc3ccc([N+](=O)[O-])cc3s2)cs1. The molecule has 2 N–H and O–H groups in total. The fourth-order valence-corrected chi connectivity index (χ4v) is 4.44. The largest absolute Gasteiger partial charge is 0.302 e. The van der Waals surface area contributed by atoms with Crippen LogP contribution in [0.25, 0.3) is 10.2 Å². The molecule has 9 nitrogen and oxygen atoms in total. The Morgan fingerprint density at radius 2 is 1.71 bits per heavy atom. The minimum Gasteiger partial charge on any atom is -0.302 e. The zero-order valence-electron chi connectivity index (χ0n) is 15.9. The predicted octanol–water partition coefficient (Wildman–Crippen LogP) is 4.02. The minimum atomic E-state index is -0.476. The van der Waals surface area contributed by atoms with E-state index in [1.807, 2.05) is 30.3 Å². The zero-order valence-corrected chi connectivity index (χ0v) is 17.5. The molecule has 2 aromatic heterocycles. The molecule has 0 aliphatic carbocycles. The highest BCUT2D eigenvalue weighted by Crippen LogP contribution is 2.29. The number of hydrogen-bond donors (Lipinski definition) is 2. The molecule has 0 aliphatic rings. The molecule has 0 atom stereocenters. The maximum Gasteiger partial charge on any atom is 0.270 e. The molecule has 2 amide bonds. The first-order chi connectivity index (χ1) is 15.0. The molecule has 4 aromatic rings. The Hall–Kier alpha value is -3.70. The van der Waals surface area contributed by atoms with Crippen molar-refractivity contribution in [3.63, 3.8) is 0 Å². The number of nitrogens with zero attached hydrogens (tertiary/aromatic N) is 3. The van der Waals surface area contributed by atoms with Crippen molar-refractivity contribution in [2.24, 2.45) is 0 Å². The highest BCUT2D eigenvalue weighted by molar-refractivity contribution is 7.22. The van der Waals surface area contributed by atoms with Crippen LogP contribution in [-0.2, 0) is 22.4 Å². The number of aromatic nitrogens is 2. The summed E-state index contributed by atoms with van der Waals surface area (Å²) in [7, 11) is 0. The fourth-order valence-electron chi connectivity index (χ4n) is 2.80. The second-order valence-corrected chi connectivity index (χ2v) is 8.40. The van der Waals surface area contributed by atoms with Crippen LogP contribution in [0.3, 0.4) is 0 Å². The van der Waals surface area contributed by atoms with Gasteiger partial charge in [0.05, 0.1) is 33.7 Å². The average Bonchev–Trinajstić information content (AvgIpc) is 3.33. The number of nitrogens with one attached hydrogen (secondary N) is 2. The molecule has 0 fully saturated rings. The number of carbonyl (C=O) groups is 2. The number of fused-ring (bicyclic) bond motifs is 1. The topological polar surface area (TPSA) is 127 Å². The number of hydrogen-bond acceptors (Lipinski definition) is 8. The number of non-ortho nitro benzene ring substituents is 1. The van der Waals surface area contributed by atoms with Gasteiger partial charge in [0.15, 0.2) is 10.3 Å². The Balaban J connectivity index is 1.34. The third-order valence-electron chi connectivity index (χ3n) is 4.18. The smallest absolute Gasteiger partial charge is 0.270 e. The van der Waals surface area contributed by atoms with Gasteiger partial charge in [0, 0.05) is 17.5 Å². The summed E-state index contributed by atoms with van der Waals surface area (Å²) in [4.78, 5) is 43.4. The summed E-state index contributed by atoms with van der Waals surface area (Å²) in [6.07, 6.45) is 0.257. The lowest BCUT2D eigenvalue weighted by Gasteiger charge is -2.02. The van der Waals surface area contributed by atoms with E-state index < -0.39 is 4.92 Å². The quantitative estimate of drug-likeness (QED) is 0.321. The summed E-state index contributed by atoms with van der Waals surface area (Å²) in [5.74, 6) is -0.499. The lowest BCUT2D eigenvalue weighted by atomic mass is 10.1. The molecule has 0 unspecified atom stereocenters. The van der Waals surface area contributed by atoms with Crippen molar-refractivity contribution < 1.29 is 14.5 Å².